The average Bonchev–Trinajstić information content (AvgIpc) is 2.53. The first kappa shape index (κ1) is 18.0. The number of hydrogen-bond donors (Lipinski definition) is 1. The molecular weight excluding hydrogens is 356 g/mol. The zero-order valence-electron chi connectivity index (χ0n) is 13.8. The zero-order chi connectivity index (χ0) is 16.8. The van der Waals surface area contributed by atoms with Gasteiger partial charge in [0.05, 0.1) is 20.3 Å². The van der Waals surface area contributed by atoms with E-state index in [4.69, 9.17) is 9.47 Å². The molecule has 0 aliphatic rings. The fourth-order valence-electron chi connectivity index (χ4n) is 2.70. The molecule has 4 heteroatoms. The fraction of sp³-hybridized carbons (Fsp3) is 0.368. The Morgan fingerprint density at radius 2 is 1.91 bits per heavy atom. The molecular formula is C19H23BrO3. The van der Waals surface area contributed by atoms with Gasteiger partial charge in [-0.1, -0.05) is 34.1 Å². The summed E-state index contributed by atoms with van der Waals surface area (Å²) in [6.07, 6.45) is 0. The maximum absolute atomic E-state index is 9.93. The molecule has 1 atom stereocenters. The normalized spacial score (nSPS) is 12.2. The van der Waals surface area contributed by atoms with Crippen LogP contribution in [0.1, 0.15) is 35.1 Å². The Labute approximate surface area is 146 Å². The van der Waals surface area contributed by atoms with Crippen LogP contribution in [-0.2, 0) is 11.3 Å². The van der Waals surface area contributed by atoms with Crippen molar-refractivity contribution in [3.63, 3.8) is 0 Å². The van der Waals surface area contributed by atoms with Crippen LogP contribution in [0.2, 0.25) is 0 Å². The standard InChI is InChI=1S/C19H23BrO3/c1-4-23-12-14-8-16(10-17(20)9-14)18(11-21)15-5-6-19(22-3)13(2)7-15/h5-10,18,21H,4,11-12H2,1-3H3. The van der Waals surface area contributed by atoms with Gasteiger partial charge in [0.2, 0.25) is 0 Å². The molecule has 1 N–H and O–H groups in total. The van der Waals surface area contributed by atoms with E-state index in [2.05, 4.69) is 34.1 Å². The molecule has 2 rings (SSSR count). The molecule has 0 aromatic heterocycles. The van der Waals surface area contributed by atoms with Crippen molar-refractivity contribution in [2.24, 2.45) is 0 Å². The van der Waals surface area contributed by atoms with Crippen LogP contribution in [0, 0.1) is 6.92 Å². The Bertz CT molecular complexity index is 655. The van der Waals surface area contributed by atoms with E-state index in [1.165, 1.54) is 0 Å². The number of methoxy groups -OCH3 is 1. The molecule has 2 aromatic rings. The summed E-state index contributed by atoms with van der Waals surface area (Å²) in [7, 11) is 1.67. The first-order chi connectivity index (χ1) is 11.1. The molecule has 0 saturated carbocycles. The molecule has 0 radical (unpaired) electrons. The summed E-state index contributed by atoms with van der Waals surface area (Å²) >= 11 is 3.56. The highest BCUT2D eigenvalue weighted by Crippen LogP contribution is 2.30. The number of rotatable bonds is 7. The second-order valence-electron chi connectivity index (χ2n) is 5.49. The minimum absolute atomic E-state index is 0.0519. The Morgan fingerprint density at radius 1 is 1.13 bits per heavy atom. The molecule has 1 unspecified atom stereocenters. The molecule has 0 fully saturated rings. The van der Waals surface area contributed by atoms with Crippen molar-refractivity contribution >= 4 is 15.9 Å². The van der Waals surface area contributed by atoms with E-state index in [1.54, 1.807) is 7.11 Å². The Morgan fingerprint density at radius 3 is 2.52 bits per heavy atom. The van der Waals surface area contributed by atoms with Gasteiger partial charge in [-0.2, -0.15) is 0 Å². The molecule has 0 spiro atoms. The summed E-state index contributed by atoms with van der Waals surface area (Å²) in [6, 6.07) is 12.2. The molecule has 124 valence electrons. The predicted octanol–water partition coefficient (Wildman–Crippen LogP) is 4.43. The van der Waals surface area contributed by atoms with Gasteiger partial charge >= 0.3 is 0 Å². The first-order valence-electron chi connectivity index (χ1n) is 7.71. The van der Waals surface area contributed by atoms with Crippen LogP contribution in [0.3, 0.4) is 0 Å². The first-order valence-corrected chi connectivity index (χ1v) is 8.50. The van der Waals surface area contributed by atoms with Crippen molar-refractivity contribution in [3.8, 4) is 5.75 Å². The van der Waals surface area contributed by atoms with E-state index >= 15 is 0 Å². The topological polar surface area (TPSA) is 38.7 Å². The molecule has 0 aliphatic heterocycles. The summed E-state index contributed by atoms with van der Waals surface area (Å²) in [5.74, 6) is 0.786. The van der Waals surface area contributed by atoms with Gasteiger partial charge < -0.3 is 14.6 Å². The summed E-state index contributed by atoms with van der Waals surface area (Å²) in [5, 5.41) is 9.93. The molecule has 0 amide bonds. The summed E-state index contributed by atoms with van der Waals surface area (Å²) < 4.78 is 11.8. The Balaban J connectivity index is 2.36. The van der Waals surface area contributed by atoms with Gasteiger partial charge in [-0.05, 0) is 54.3 Å². The number of aliphatic hydroxyl groups is 1. The molecule has 2 aromatic carbocycles. The van der Waals surface area contributed by atoms with E-state index in [9.17, 15) is 5.11 Å². The Hall–Kier alpha value is -1.36. The number of aliphatic hydroxyl groups excluding tert-OH is 1. The van der Waals surface area contributed by atoms with Crippen LogP contribution >= 0.6 is 15.9 Å². The lowest BCUT2D eigenvalue weighted by Crippen LogP contribution is -2.08. The smallest absolute Gasteiger partial charge is 0.121 e. The lowest BCUT2D eigenvalue weighted by molar-refractivity contribution is 0.134. The number of benzene rings is 2. The molecule has 0 aliphatic carbocycles. The predicted molar refractivity (Wildman–Crippen MR) is 96.1 cm³/mol. The van der Waals surface area contributed by atoms with Gasteiger partial charge in [0.1, 0.15) is 5.75 Å². The van der Waals surface area contributed by atoms with E-state index in [1.807, 2.05) is 32.0 Å². The van der Waals surface area contributed by atoms with Crippen LogP contribution in [0.25, 0.3) is 0 Å². The van der Waals surface area contributed by atoms with Crippen molar-refractivity contribution in [1.82, 2.24) is 0 Å². The van der Waals surface area contributed by atoms with Crippen molar-refractivity contribution in [2.45, 2.75) is 26.4 Å². The molecule has 0 saturated heterocycles. The second kappa shape index (κ2) is 8.48. The third kappa shape index (κ3) is 4.56. The third-order valence-electron chi connectivity index (χ3n) is 3.86. The minimum Gasteiger partial charge on any atom is -0.496 e. The van der Waals surface area contributed by atoms with Gasteiger partial charge in [-0.15, -0.1) is 0 Å². The van der Waals surface area contributed by atoms with Crippen LogP contribution in [0.4, 0.5) is 0 Å². The highest BCUT2D eigenvalue weighted by molar-refractivity contribution is 9.10. The summed E-state index contributed by atoms with van der Waals surface area (Å²) in [4.78, 5) is 0. The van der Waals surface area contributed by atoms with Gasteiger partial charge in [0.25, 0.3) is 0 Å². The molecule has 3 nitrogen and oxygen atoms in total. The Kier molecular flexibility index (Phi) is 6.63. The highest BCUT2D eigenvalue weighted by Gasteiger charge is 2.16. The summed E-state index contributed by atoms with van der Waals surface area (Å²) in [6.45, 7) is 5.30. The lowest BCUT2D eigenvalue weighted by atomic mass is 9.90. The van der Waals surface area contributed by atoms with Crippen LogP contribution < -0.4 is 4.74 Å². The average molecular weight is 379 g/mol. The maximum Gasteiger partial charge on any atom is 0.121 e. The van der Waals surface area contributed by atoms with Crippen molar-refractivity contribution in [2.75, 3.05) is 20.3 Å². The minimum atomic E-state index is -0.0718. The number of halogens is 1. The van der Waals surface area contributed by atoms with Crippen LogP contribution in [-0.4, -0.2) is 25.4 Å². The highest BCUT2D eigenvalue weighted by atomic mass is 79.9. The molecule has 0 heterocycles. The van der Waals surface area contributed by atoms with Crippen LogP contribution in [0.5, 0.6) is 5.75 Å². The number of hydrogen-bond acceptors (Lipinski definition) is 3. The van der Waals surface area contributed by atoms with Gasteiger partial charge in [0.15, 0.2) is 0 Å². The molecule has 23 heavy (non-hydrogen) atoms. The van der Waals surface area contributed by atoms with Crippen molar-refractivity contribution < 1.29 is 14.6 Å². The monoisotopic (exact) mass is 378 g/mol. The zero-order valence-corrected chi connectivity index (χ0v) is 15.4. The van der Waals surface area contributed by atoms with Crippen molar-refractivity contribution in [1.29, 1.82) is 0 Å². The summed E-state index contributed by atoms with van der Waals surface area (Å²) in [5.41, 5.74) is 4.31. The fourth-order valence-corrected chi connectivity index (χ4v) is 3.26. The number of ether oxygens (including phenoxy) is 2. The number of aryl methyl sites for hydroxylation is 1. The quantitative estimate of drug-likeness (QED) is 0.774. The van der Waals surface area contributed by atoms with E-state index in [0.717, 1.165) is 32.5 Å². The van der Waals surface area contributed by atoms with E-state index < -0.39 is 0 Å². The third-order valence-corrected chi connectivity index (χ3v) is 4.32. The SMILES string of the molecule is CCOCc1cc(Br)cc(C(CO)c2ccc(OC)c(C)c2)c1. The van der Waals surface area contributed by atoms with Gasteiger partial charge in [-0.25, -0.2) is 0 Å². The van der Waals surface area contributed by atoms with Crippen LogP contribution in [0.15, 0.2) is 40.9 Å². The maximum atomic E-state index is 9.93. The largest absolute Gasteiger partial charge is 0.496 e. The van der Waals surface area contributed by atoms with Crippen molar-refractivity contribution in [3.05, 3.63) is 63.1 Å². The van der Waals surface area contributed by atoms with Gasteiger partial charge in [0, 0.05) is 17.0 Å². The molecule has 0 bridgehead atoms. The second-order valence-corrected chi connectivity index (χ2v) is 6.41. The van der Waals surface area contributed by atoms with Gasteiger partial charge in [-0.3, -0.25) is 0 Å². The van der Waals surface area contributed by atoms with E-state index in [0.29, 0.717) is 13.2 Å². The van der Waals surface area contributed by atoms with E-state index in [-0.39, 0.29) is 12.5 Å². The lowest BCUT2D eigenvalue weighted by Gasteiger charge is -2.18.